The van der Waals surface area contributed by atoms with Gasteiger partial charge >= 0.3 is 0 Å². The topological polar surface area (TPSA) is 53.1 Å². The Labute approximate surface area is 132 Å². The lowest BCUT2D eigenvalue weighted by molar-refractivity contribution is 0.290. The molecule has 0 saturated heterocycles. The zero-order chi connectivity index (χ0) is 14.7. The molecule has 0 radical (unpaired) electrons. The van der Waals surface area contributed by atoms with E-state index >= 15 is 0 Å². The molecular weight excluding hydrogens is 342 g/mol. The van der Waals surface area contributed by atoms with Crippen molar-refractivity contribution in [2.24, 2.45) is 12.8 Å². The van der Waals surface area contributed by atoms with E-state index in [9.17, 15) is 0 Å². The van der Waals surface area contributed by atoms with Gasteiger partial charge < -0.3 is 10.5 Å². The van der Waals surface area contributed by atoms with Gasteiger partial charge in [-0.05, 0) is 28.4 Å². The molecule has 0 amide bonds. The Bertz CT molecular complexity index is 613. The molecule has 108 valence electrons. The maximum Gasteiger partial charge on any atom is 0.138 e. The second-order valence-corrected chi connectivity index (χ2v) is 5.64. The van der Waals surface area contributed by atoms with E-state index in [0.29, 0.717) is 18.2 Å². The van der Waals surface area contributed by atoms with E-state index in [1.807, 2.05) is 32.2 Å². The lowest BCUT2D eigenvalue weighted by Crippen LogP contribution is -2.07. The van der Waals surface area contributed by atoms with Gasteiger partial charge in [-0.15, -0.1) is 0 Å². The van der Waals surface area contributed by atoms with Crippen LogP contribution in [-0.2, 0) is 26.6 Å². The highest BCUT2D eigenvalue weighted by atomic mass is 79.9. The zero-order valence-corrected chi connectivity index (χ0v) is 13.8. The van der Waals surface area contributed by atoms with Gasteiger partial charge in [0.2, 0.25) is 0 Å². The van der Waals surface area contributed by atoms with Crippen LogP contribution in [0.15, 0.2) is 22.7 Å². The molecule has 0 aliphatic rings. The molecule has 0 spiro atoms. The summed E-state index contributed by atoms with van der Waals surface area (Å²) in [4.78, 5) is 0. The predicted molar refractivity (Wildman–Crippen MR) is 84.0 cm³/mol. The molecule has 0 bridgehead atoms. The highest BCUT2D eigenvalue weighted by molar-refractivity contribution is 9.10. The SMILES string of the molecule is CCc1nn(C)c(COc2c(Br)cccc2CN)c1Cl. The van der Waals surface area contributed by atoms with Crippen LogP contribution < -0.4 is 10.5 Å². The lowest BCUT2D eigenvalue weighted by atomic mass is 10.2. The third kappa shape index (κ3) is 3.00. The fraction of sp³-hybridized carbons (Fsp3) is 0.357. The summed E-state index contributed by atoms with van der Waals surface area (Å²) in [7, 11) is 1.87. The summed E-state index contributed by atoms with van der Waals surface area (Å²) in [6.45, 7) is 2.81. The summed E-state index contributed by atoms with van der Waals surface area (Å²) < 4.78 is 8.54. The number of ether oxygens (including phenoxy) is 1. The molecule has 0 fully saturated rings. The monoisotopic (exact) mass is 357 g/mol. The molecular formula is C14H17BrClN3O. The molecule has 2 rings (SSSR count). The van der Waals surface area contributed by atoms with Gasteiger partial charge in [0.25, 0.3) is 0 Å². The fourth-order valence-corrected chi connectivity index (χ4v) is 2.86. The van der Waals surface area contributed by atoms with E-state index < -0.39 is 0 Å². The summed E-state index contributed by atoms with van der Waals surface area (Å²) >= 11 is 9.79. The van der Waals surface area contributed by atoms with Crippen LogP contribution in [0.5, 0.6) is 5.75 Å². The molecule has 1 heterocycles. The van der Waals surface area contributed by atoms with E-state index in [2.05, 4.69) is 21.0 Å². The van der Waals surface area contributed by atoms with Crippen LogP contribution in [0, 0.1) is 0 Å². The molecule has 20 heavy (non-hydrogen) atoms. The first kappa shape index (κ1) is 15.4. The Morgan fingerprint density at radius 3 is 2.80 bits per heavy atom. The van der Waals surface area contributed by atoms with Crippen molar-refractivity contribution in [1.29, 1.82) is 0 Å². The molecule has 0 saturated carbocycles. The fourth-order valence-electron chi connectivity index (χ4n) is 1.99. The molecule has 6 heteroatoms. The number of nitrogens with two attached hydrogens (primary N) is 1. The van der Waals surface area contributed by atoms with Gasteiger partial charge in [0.15, 0.2) is 0 Å². The average molecular weight is 359 g/mol. The minimum atomic E-state index is 0.359. The Morgan fingerprint density at radius 1 is 1.45 bits per heavy atom. The highest BCUT2D eigenvalue weighted by Crippen LogP contribution is 2.30. The van der Waals surface area contributed by atoms with Crippen LogP contribution >= 0.6 is 27.5 Å². The number of hydrogen-bond acceptors (Lipinski definition) is 3. The standard InChI is InChI=1S/C14H17BrClN3O/c1-3-11-13(16)12(19(2)18-11)8-20-14-9(7-17)5-4-6-10(14)15/h4-6H,3,7-8,17H2,1-2H3. The van der Waals surface area contributed by atoms with Crippen LogP contribution in [-0.4, -0.2) is 9.78 Å². The number of aryl methyl sites for hydroxylation is 2. The summed E-state index contributed by atoms with van der Waals surface area (Å²) in [5, 5.41) is 5.05. The molecule has 2 aromatic rings. The maximum absolute atomic E-state index is 6.31. The van der Waals surface area contributed by atoms with E-state index in [1.54, 1.807) is 4.68 Å². The summed E-state index contributed by atoms with van der Waals surface area (Å²) in [5.74, 6) is 0.755. The van der Waals surface area contributed by atoms with Crippen LogP contribution in [0.2, 0.25) is 5.02 Å². The average Bonchev–Trinajstić information content (AvgIpc) is 2.72. The van der Waals surface area contributed by atoms with Crippen molar-refractivity contribution in [3.8, 4) is 5.75 Å². The van der Waals surface area contributed by atoms with Crippen molar-refractivity contribution in [2.75, 3.05) is 0 Å². The van der Waals surface area contributed by atoms with Crippen molar-refractivity contribution in [2.45, 2.75) is 26.5 Å². The lowest BCUT2D eigenvalue weighted by Gasteiger charge is -2.12. The van der Waals surface area contributed by atoms with Crippen LogP contribution in [0.4, 0.5) is 0 Å². The van der Waals surface area contributed by atoms with Crippen LogP contribution in [0.25, 0.3) is 0 Å². The number of rotatable bonds is 5. The van der Waals surface area contributed by atoms with Crippen LogP contribution in [0.3, 0.4) is 0 Å². The van der Waals surface area contributed by atoms with Gasteiger partial charge in [0.05, 0.1) is 20.9 Å². The normalized spacial score (nSPS) is 10.8. The highest BCUT2D eigenvalue weighted by Gasteiger charge is 2.15. The number of para-hydroxylation sites is 1. The summed E-state index contributed by atoms with van der Waals surface area (Å²) in [5.41, 5.74) is 8.43. The second-order valence-electron chi connectivity index (χ2n) is 4.41. The van der Waals surface area contributed by atoms with E-state index in [0.717, 1.165) is 33.6 Å². The van der Waals surface area contributed by atoms with Gasteiger partial charge in [-0.25, -0.2) is 0 Å². The Balaban J connectivity index is 2.23. The van der Waals surface area contributed by atoms with Gasteiger partial charge in [-0.3, -0.25) is 4.68 Å². The van der Waals surface area contributed by atoms with E-state index in [1.165, 1.54) is 0 Å². The largest absolute Gasteiger partial charge is 0.486 e. The smallest absolute Gasteiger partial charge is 0.138 e. The number of aromatic nitrogens is 2. The molecule has 0 atom stereocenters. The zero-order valence-electron chi connectivity index (χ0n) is 11.5. The summed E-state index contributed by atoms with van der Waals surface area (Å²) in [6, 6.07) is 5.81. The Morgan fingerprint density at radius 2 is 2.20 bits per heavy atom. The molecule has 0 unspecified atom stereocenters. The van der Waals surface area contributed by atoms with Crippen molar-refractivity contribution >= 4 is 27.5 Å². The number of hydrogen-bond donors (Lipinski definition) is 1. The first-order valence-electron chi connectivity index (χ1n) is 6.39. The van der Waals surface area contributed by atoms with E-state index in [-0.39, 0.29) is 0 Å². The molecule has 1 aromatic carbocycles. The molecule has 0 aliphatic heterocycles. The first-order valence-corrected chi connectivity index (χ1v) is 7.56. The minimum Gasteiger partial charge on any atom is -0.486 e. The van der Waals surface area contributed by atoms with Crippen molar-refractivity contribution in [3.63, 3.8) is 0 Å². The molecule has 4 nitrogen and oxygen atoms in total. The van der Waals surface area contributed by atoms with Gasteiger partial charge in [0, 0.05) is 19.2 Å². The maximum atomic E-state index is 6.31. The minimum absolute atomic E-state index is 0.359. The molecule has 1 aromatic heterocycles. The number of nitrogens with zero attached hydrogens (tertiary/aromatic N) is 2. The van der Waals surface area contributed by atoms with Gasteiger partial charge in [-0.1, -0.05) is 30.7 Å². The number of halogens is 2. The predicted octanol–water partition coefficient (Wildman–Crippen LogP) is 3.44. The van der Waals surface area contributed by atoms with Crippen molar-refractivity contribution in [1.82, 2.24) is 9.78 Å². The third-order valence-electron chi connectivity index (χ3n) is 3.12. The quantitative estimate of drug-likeness (QED) is 0.891. The Kier molecular flexibility index (Phi) is 5.07. The van der Waals surface area contributed by atoms with Crippen LogP contribution in [0.1, 0.15) is 23.9 Å². The van der Waals surface area contributed by atoms with E-state index in [4.69, 9.17) is 22.1 Å². The van der Waals surface area contributed by atoms with Gasteiger partial charge in [0.1, 0.15) is 12.4 Å². The molecule has 2 N–H and O–H groups in total. The number of benzene rings is 1. The van der Waals surface area contributed by atoms with Crippen molar-refractivity contribution in [3.05, 3.63) is 44.6 Å². The Hall–Kier alpha value is -1.04. The molecule has 0 aliphatic carbocycles. The van der Waals surface area contributed by atoms with Gasteiger partial charge in [-0.2, -0.15) is 5.10 Å². The second kappa shape index (κ2) is 6.61. The third-order valence-corrected chi connectivity index (χ3v) is 4.19. The van der Waals surface area contributed by atoms with Crippen molar-refractivity contribution < 1.29 is 4.74 Å². The first-order chi connectivity index (χ1) is 9.58. The summed E-state index contributed by atoms with van der Waals surface area (Å²) in [6.07, 6.45) is 0.801.